The molecule has 18 heavy (non-hydrogen) atoms. The van der Waals surface area contributed by atoms with E-state index in [0.717, 1.165) is 13.0 Å². The van der Waals surface area contributed by atoms with E-state index in [1.807, 2.05) is 17.0 Å². The second kappa shape index (κ2) is 4.14. The molecule has 1 aromatic heterocycles. The molecular formula is C12H12N4O2. The lowest BCUT2D eigenvalue weighted by Crippen LogP contribution is -2.31. The third-order valence-electron chi connectivity index (χ3n) is 3.16. The molecule has 0 unspecified atom stereocenters. The van der Waals surface area contributed by atoms with Crippen LogP contribution in [0, 0.1) is 0 Å². The summed E-state index contributed by atoms with van der Waals surface area (Å²) in [6.07, 6.45) is 0.891. The van der Waals surface area contributed by atoms with E-state index in [-0.39, 0.29) is 5.69 Å². The maximum atomic E-state index is 11.0. The maximum Gasteiger partial charge on any atom is 0.360 e. The van der Waals surface area contributed by atoms with E-state index in [4.69, 9.17) is 5.11 Å². The number of nitrogens with zero attached hydrogens (tertiary/aromatic N) is 3. The number of fused-ring (bicyclic) bond motifs is 1. The van der Waals surface area contributed by atoms with Crippen LogP contribution >= 0.6 is 0 Å². The number of nitrogens with one attached hydrogen (secondary N) is 1. The average molecular weight is 244 g/mol. The van der Waals surface area contributed by atoms with Gasteiger partial charge in [0.15, 0.2) is 5.82 Å². The minimum atomic E-state index is -1.06. The Hall–Kier alpha value is -2.37. The number of aromatic amines is 1. The topological polar surface area (TPSA) is 82.1 Å². The molecule has 0 saturated carbocycles. The van der Waals surface area contributed by atoms with Gasteiger partial charge < -0.3 is 10.0 Å². The SMILES string of the molecule is O=C(O)c1n[nH]nc1N1CCc2ccccc2C1. The van der Waals surface area contributed by atoms with Crippen molar-refractivity contribution in [2.45, 2.75) is 13.0 Å². The number of rotatable bonds is 2. The number of hydrogen-bond donors (Lipinski definition) is 2. The van der Waals surface area contributed by atoms with Gasteiger partial charge in [-0.3, -0.25) is 0 Å². The zero-order valence-corrected chi connectivity index (χ0v) is 9.63. The van der Waals surface area contributed by atoms with Crippen LogP contribution in [0.3, 0.4) is 0 Å². The van der Waals surface area contributed by atoms with Crippen LogP contribution in [-0.4, -0.2) is 33.0 Å². The van der Waals surface area contributed by atoms with Crippen LogP contribution in [0.5, 0.6) is 0 Å². The van der Waals surface area contributed by atoms with Crippen LogP contribution in [0.1, 0.15) is 21.6 Å². The average Bonchev–Trinajstić information content (AvgIpc) is 2.87. The van der Waals surface area contributed by atoms with Gasteiger partial charge in [0, 0.05) is 13.1 Å². The van der Waals surface area contributed by atoms with Crippen LogP contribution in [-0.2, 0) is 13.0 Å². The Labute approximate surface area is 103 Å². The summed E-state index contributed by atoms with van der Waals surface area (Å²) in [5, 5.41) is 19.0. The lowest BCUT2D eigenvalue weighted by atomic mass is 10.00. The van der Waals surface area contributed by atoms with E-state index in [2.05, 4.69) is 27.5 Å². The fraction of sp³-hybridized carbons (Fsp3) is 0.250. The predicted octanol–water partition coefficient (Wildman–Crippen LogP) is 1.07. The highest BCUT2D eigenvalue weighted by molar-refractivity contribution is 5.90. The molecule has 6 nitrogen and oxygen atoms in total. The maximum absolute atomic E-state index is 11.0. The number of aromatic carboxylic acids is 1. The lowest BCUT2D eigenvalue weighted by molar-refractivity contribution is 0.0691. The second-order valence-corrected chi connectivity index (χ2v) is 4.24. The highest BCUT2D eigenvalue weighted by Gasteiger charge is 2.24. The van der Waals surface area contributed by atoms with Gasteiger partial charge in [-0.25, -0.2) is 4.79 Å². The molecule has 0 fully saturated rings. The van der Waals surface area contributed by atoms with Gasteiger partial charge in [-0.2, -0.15) is 5.21 Å². The molecule has 0 bridgehead atoms. The molecule has 0 amide bonds. The Morgan fingerprint density at radius 3 is 2.83 bits per heavy atom. The molecule has 6 heteroatoms. The van der Waals surface area contributed by atoms with Gasteiger partial charge in [-0.15, -0.1) is 10.2 Å². The van der Waals surface area contributed by atoms with Crippen molar-refractivity contribution < 1.29 is 9.90 Å². The van der Waals surface area contributed by atoms with Gasteiger partial charge in [-0.1, -0.05) is 24.3 Å². The zero-order valence-electron chi connectivity index (χ0n) is 9.63. The minimum absolute atomic E-state index is 0.0191. The van der Waals surface area contributed by atoms with Gasteiger partial charge in [0.05, 0.1) is 0 Å². The molecule has 3 rings (SSSR count). The van der Waals surface area contributed by atoms with Gasteiger partial charge in [-0.05, 0) is 17.5 Å². The predicted molar refractivity (Wildman–Crippen MR) is 64.5 cm³/mol. The monoisotopic (exact) mass is 244 g/mol. The molecule has 2 aromatic rings. The third kappa shape index (κ3) is 1.71. The summed E-state index contributed by atoms with van der Waals surface area (Å²) in [7, 11) is 0. The normalized spacial score (nSPS) is 14.3. The van der Waals surface area contributed by atoms with Crippen molar-refractivity contribution in [3.8, 4) is 0 Å². The number of carboxylic acid groups (broad SMARTS) is 1. The molecule has 0 aliphatic carbocycles. The standard InChI is InChI=1S/C12H12N4O2/c17-12(18)10-11(14-15-13-10)16-6-5-8-3-1-2-4-9(8)7-16/h1-4H,5-7H2,(H,17,18)(H,13,14,15). The largest absolute Gasteiger partial charge is 0.476 e. The fourth-order valence-electron chi connectivity index (χ4n) is 2.27. The van der Waals surface area contributed by atoms with Crippen molar-refractivity contribution in [3.05, 3.63) is 41.1 Å². The summed E-state index contributed by atoms with van der Waals surface area (Å²) in [4.78, 5) is 13.0. The van der Waals surface area contributed by atoms with Crippen molar-refractivity contribution in [3.63, 3.8) is 0 Å². The minimum Gasteiger partial charge on any atom is -0.476 e. The molecule has 0 spiro atoms. The Morgan fingerprint density at radius 2 is 2.06 bits per heavy atom. The van der Waals surface area contributed by atoms with E-state index in [9.17, 15) is 4.79 Å². The summed E-state index contributed by atoms with van der Waals surface area (Å²) in [5.74, 6) is -0.644. The molecule has 2 N–H and O–H groups in total. The number of H-pyrrole nitrogens is 1. The lowest BCUT2D eigenvalue weighted by Gasteiger charge is -2.28. The first-order valence-electron chi connectivity index (χ1n) is 5.71. The Balaban J connectivity index is 1.92. The number of carboxylic acids is 1. The number of carbonyl (C=O) groups is 1. The number of benzene rings is 1. The molecule has 1 aliphatic rings. The summed E-state index contributed by atoms with van der Waals surface area (Å²) < 4.78 is 0. The smallest absolute Gasteiger partial charge is 0.360 e. The van der Waals surface area contributed by atoms with Gasteiger partial charge in [0.25, 0.3) is 0 Å². The van der Waals surface area contributed by atoms with E-state index >= 15 is 0 Å². The van der Waals surface area contributed by atoms with Crippen LogP contribution in [0.2, 0.25) is 0 Å². The third-order valence-corrected chi connectivity index (χ3v) is 3.16. The van der Waals surface area contributed by atoms with Crippen molar-refractivity contribution >= 4 is 11.8 Å². The number of hydrogen-bond acceptors (Lipinski definition) is 4. The molecule has 92 valence electrons. The van der Waals surface area contributed by atoms with Gasteiger partial charge in [0.1, 0.15) is 0 Å². The molecule has 0 atom stereocenters. The summed E-state index contributed by atoms with van der Waals surface area (Å²) >= 11 is 0. The first-order chi connectivity index (χ1) is 8.75. The van der Waals surface area contributed by atoms with E-state index in [1.165, 1.54) is 11.1 Å². The van der Waals surface area contributed by atoms with Crippen LogP contribution in [0.25, 0.3) is 0 Å². The van der Waals surface area contributed by atoms with Crippen LogP contribution in [0.15, 0.2) is 24.3 Å². The quantitative estimate of drug-likeness (QED) is 0.825. The van der Waals surface area contributed by atoms with Crippen LogP contribution in [0.4, 0.5) is 5.82 Å². The first kappa shape index (κ1) is 10.8. The van der Waals surface area contributed by atoms with Crippen molar-refractivity contribution in [1.29, 1.82) is 0 Å². The molecule has 0 saturated heterocycles. The Bertz CT molecular complexity index is 593. The van der Waals surface area contributed by atoms with Crippen molar-refractivity contribution in [2.75, 3.05) is 11.4 Å². The molecular weight excluding hydrogens is 232 g/mol. The van der Waals surface area contributed by atoms with E-state index in [1.54, 1.807) is 0 Å². The van der Waals surface area contributed by atoms with Crippen molar-refractivity contribution in [1.82, 2.24) is 15.4 Å². The first-order valence-corrected chi connectivity index (χ1v) is 5.71. The molecule has 1 aliphatic heterocycles. The number of aromatic nitrogens is 3. The van der Waals surface area contributed by atoms with Crippen LogP contribution < -0.4 is 4.90 Å². The summed E-state index contributed by atoms with van der Waals surface area (Å²) in [5.41, 5.74) is 2.51. The molecule has 2 heterocycles. The Morgan fingerprint density at radius 1 is 1.28 bits per heavy atom. The Kier molecular flexibility index (Phi) is 2.47. The number of anilines is 1. The summed E-state index contributed by atoms with van der Waals surface area (Å²) in [6.45, 7) is 1.42. The second-order valence-electron chi connectivity index (χ2n) is 4.24. The van der Waals surface area contributed by atoms with Gasteiger partial charge in [0.2, 0.25) is 5.69 Å². The fourth-order valence-corrected chi connectivity index (χ4v) is 2.27. The van der Waals surface area contributed by atoms with E-state index in [0.29, 0.717) is 12.4 Å². The molecule has 1 aromatic carbocycles. The highest BCUT2D eigenvalue weighted by Crippen LogP contribution is 2.24. The highest BCUT2D eigenvalue weighted by atomic mass is 16.4. The zero-order chi connectivity index (χ0) is 12.5. The molecule has 0 radical (unpaired) electrons. The van der Waals surface area contributed by atoms with E-state index < -0.39 is 5.97 Å². The van der Waals surface area contributed by atoms with Crippen molar-refractivity contribution in [2.24, 2.45) is 0 Å². The summed E-state index contributed by atoms with van der Waals surface area (Å²) in [6, 6.07) is 8.17. The van der Waals surface area contributed by atoms with Gasteiger partial charge >= 0.3 is 5.97 Å².